The van der Waals surface area contributed by atoms with E-state index in [0.717, 1.165) is 45.3 Å². The maximum absolute atomic E-state index is 4.94. The van der Waals surface area contributed by atoms with Crippen LogP contribution < -0.4 is 18.9 Å². The van der Waals surface area contributed by atoms with Crippen molar-refractivity contribution in [3.8, 4) is 0 Å². The molecule has 0 amide bonds. The van der Waals surface area contributed by atoms with Crippen molar-refractivity contribution < 1.29 is 33.1 Å². The summed E-state index contributed by atoms with van der Waals surface area (Å²) < 4.78 is 14.8. The van der Waals surface area contributed by atoms with Crippen molar-refractivity contribution in [2.24, 2.45) is 0 Å². The fourth-order valence-corrected chi connectivity index (χ4v) is 2.34. The van der Waals surface area contributed by atoms with E-state index in [1.54, 1.807) is 0 Å². The van der Waals surface area contributed by atoms with E-state index in [2.05, 4.69) is 19.2 Å². The zero-order valence-corrected chi connectivity index (χ0v) is 17.1. The molecule has 3 aliphatic rings. The average Bonchev–Trinajstić information content (AvgIpc) is 3.44. The van der Waals surface area contributed by atoms with Gasteiger partial charge in [-0.3, -0.25) is 0 Å². The third kappa shape index (κ3) is 16.9. The summed E-state index contributed by atoms with van der Waals surface area (Å²) >= 11 is 0. The van der Waals surface area contributed by atoms with E-state index >= 15 is 0 Å². The summed E-state index contributed by atoms with van der Waals surface area (Å²) in [6, 6.07) is 10.4. The van der Waals surface area contributed by atoms with Crippen LogP contribution in [0.25, 0.3) is 5.32 Å². The van der Waals surface area contributed by atoms with Crippen LogP contribution in [0.5, 0.6) is 0 Å². The molecule has 0 bridgehead atoms. The third-order valence-corrected chi connectivity index (χ3v) is 3.65. The van der Waals surface area contributed by atoms with Gasteiger partial charge in [0.05, 0.1) is 0 Å². The maximum Gasteiger partial charge on any atom is 1.00 e. The van der Waals surface area contributed by atoms with Crippen molar-refractivity contribution in [3.63, 3.8) is 0 Å². The molecule has 26 heavy (non-hydrogen) atoms. The summed E-state index contributed by atoms with van der Waals surface area (Å²) in [5.74, 6) is 0. The Morgan fingerprint density at radius 2 is 1.00 bits per heavy atom. The quantitative estimate of drug-likeness (QED) is 0.764. The van der Waals surface area contributed by atoms with Gasteiger partial charge in [-0.2, -0.15) is 0 Å². The van der Waals surface area contributed by atoms with Gasteiger partial charge >= 0.3 is 18.9 Å². The molecule has 144 valence electrons. The van der Waals surface area contributed by atoms with Crippen LogP contribution in [0, 0.1) is 0 Å². The van der Waals surface area contributed by atoms with Gasteiger partial charge < -0.3 is 19.5 Å². The largest absolute Gasteiger partial charge is 1.00 e. The number of para-hydroxylation sites is 1. The minimum Gasteiger partial charge on any atom is -0.682 e. The summed E-state index contributed by atoms with van der Waals surface area (Å²) in [6.45, 7) is 10.2. The van der Waals surface area contributed by atoms with Crippen molar-refractivity contribution in [3.05, 3.63) is 35.6 Å². The topological polar surface area (TPSA) is 41.8 Å². The smallest absolute Gasteiger partial charge is 0.682 e. The van der Waals surface area contributed by atoms with Gasteiger partial charge in [-0.15, -0.1) is 11.7 Å². The molecule has 4 nitrogen and oxygen atoms in total. The third-order valence-electron chi connectivity index (χ3n) is 3.65. The van der Waals surface area contributed by atoms with Gasteiger partial charge in [0.25, 0.3) is 0 Å². The molecule has 1 aromatic carbocycles. The predicted molar refractivity (Wildman–Crippen MR) is 105 cm³/mol. The predicted octanol–water partition coefficient (Wildman–Crippen LogP) is 2.49. The van der Waals surface area contributed by atoms with Crippen LogP contribution in [0.2, 0.25) is 0 Å². The van der Waals surface area contributed by atoms with E-state index < -0.39 is 0 Å². The molecule has 0 N–H and O–H groups in total. The van der Waals surface area contributed by atoms with Crippen molar-refractivity contribution >= 4 is 5.69 Å². The SMILES string of the molecule is C1CCOC1.C1CCOC1.C1CCOC1.CC(C)[N-]c1ccccc1.[Li+]. The van der Waals surface area contributed by atoms with Crippen molar-refractivity contribution in [1.29, 1.82) is 0 Å². The molecular formula is C21H36LiNO3. The molecule has 4 rings (SSSR count). The van der Waals surface area contributed by atoms with E-state index in [-0.39, 0.29) is 18.9 Å². The number of hydrogen-bond donors (Lipinski definition) is 0. The van der Waals surface area contributed by atoms with Crippen LogP contribution in [0.15, 0.2) is 30.3 Å². The molecule has 3 fully saturated rings. The first-order chi connectivity index (χ1) is 12.3. The first-order valence-electron chi connectivity index (χ1n) is 9.78. The molecule has 5 heteroatoms. The Bertz CT molecular complexity index is 331. The average molecular weight is 357 g/mol. The van der Waals surface area contributed by atoms with Gasteiger partial charge in [-0.1, -0.05) is 44.2 Å². The monoisotopic (exact) mass is 357 g/mol. The molecule has 3 saturated heterocycles. The summed E-state index contributed by atoms with van der Waals surface area (Å²) in [6.07, 6.45) is 7.67. The first-order valence-corrected chi connectivity index (χ1v) is 9.78. The Kier molecular flexibility index (Phi) is 18.9. The van der Waals surface area contributed by atoms with Gasteiger partial charge in [0.15, 0.2) is 0 Å². The Labute approximate surface area is 172 Å². The second kappa shape index (κ2) is 19.3. The van der Waals surface area contributed by atoms with Gasteiger partial charge in [0.1, 0.15) is 0 Å². The minimum atomic E-state index is 0. The Balaban J connectivity index is 0.000000335. The Morgan fingerprint density at radius 1 is 0.654 bits per heavy atom. The van der Waals surface area contributed by atoms with Crippen LogP contribution in [0.1, 0.15) is 52.4 Å². The first kappa shape index (κ1) is 25.5. The summed E-state index contributed by atoms with van der Waals surface area (Å²) in [5.41, 5.74) is 1.07. The number of rotatable bonds is 2. The van der Waals surface area contributed by atoms with Crippen molar-refractivity contribution in [2.75, 3.05) is 39.6 Å². The van der Waals surface area contributed by atoms with Crippen LogP contribution in [0.4, 0.5) is 5.69 Å². The zero-order valence-electron chi connectivity index (χ0n) is 17.1. The number of nitrogens with zero attached hydrogens (tertiary/aromatic N) is 1. The zero-order chi connectivity index (χ0) is 18.0. The standard InChI is InChI=1S/C9H12N.3C4H8O.Li/c1-8(2)10-9-6-4-3-5-7-9;3*1-2-4-5-3-1;/h3-8H,1-2H3;3*1-4H2;/q-1;;;;+1. The van der Waals surface area contributed by atoms with Crippen molar-refractivity contribution in [2.45, 2.75) is 58.4 Å². The van der Waals surface area contributed by atoms with Crippen LogP contribution in [-0.4, -0.2) is 45.7 Å². The second-order valence-electron chi connectivity index (χ2n) is 6.52. The summed E-state index contributed by atoms with van der Waals surface area (Å²) in [5, 5.41) is 4.36. The van der Waals surface area contributed by atoms with E-state index in [1.165, 1.54) is 38.5 Å². The molecule has 3 heterocycles. The summed E-state index contributed by atoms with van der Waals surface area (Å²) in [7, 11) is 0. The number of hydrogen-bond acceptors (Lipinski definition) is 3. The second-order valence-corrected chi connectivity index (χ2v) is 6.52. The summed E-state index contributed by atoms with van der Waals surface area (Å²) in [4.78, 5) is 0. The molecule has 3 aliphatic heterocycles. The Morgan fingerprint density at radius 3 is 1.23 bits per heavy atom. The molecule has 0 radical (unpaired) electrons. The van der Waals surface area contributed by atoms with Crippen LogP contribution >= 0.6 is 0 Å². The van der Waals surface area contributed by atoms with E-state index in [9.17, 15) is 0 Å². The van der Waals surface area contributed by atoms with Crippen molar-refractivity contribution in [1.82, 2.24) is 0 Å². The maximum atomic E-state index is 4.94. The molecule has 0 aromatic heterocycles. The molecule has 0 unspecified atom stereocenters. The molecular weight excluding hydrogens is 321 g/mol. The van der Waals surface area contributed by atoms with Crippen LogP contribution in [0.3, 0.4) is 0 Å². The van der Waals surface area contributed by atoms with Gasteiger partial charge in [-0.25, -0.2) is 0 Å². The molecule has 0 spiro atoms. The van der Waals surface area contributed by atoms with Gasteiger partial charge in [0, 0.05) is 39.6 Å². The van der Waals surface area contributed by atoms with E-state index in [0.29, 0.717) is 6.04 Å². The molecule has 0 aliphatic carbocycles. The molecule has 0 saturated carbocycles. The van der Waals surface area contributed by atoms with Gasteiger partial charge in [-0.05, 0) is 38.5 Å². The molecule has 1 aromatic rings. The Hall–Kier alpha value is -0.503. The fourth-order valence-electron chi connectivity index (χ4n) is 2.34. The molecule has 0 atom stereocenters. The van der Waals surface area contributed by atoms with E-state index in [1.807, 2.05) is 30.3 Å². The van der Waals surface area contributed by atoms with Gasteiger partial charge in [0.2, 0.25) is 0 Å². The van der Waals surface area contributed by atoms with Crippen LogP contribution in [-0.2, 0) is 14.2 Å². The minimum absolute atomic E-state index is 0. The van der Waals surface area contributed by atoms with E-state index in [4.69, 9.17) is 14.2 Å². The number of benzene rings is 1. The number of ether oxygens (including phenoxy) is 3. The fraction of sp³-hybridized carbons (Fsp3) is 0.714. The normalized spacial score (nSPS) is 17.7.